The van der Waals surface area contributed by atoms with E-state index < -0.39 is 0 Å². The Labute approximate surface area is 87.8 Å². The maximum Gasteiger partial charge on any atom is 0.227 e. The first-order valence-electron chi connectivity index (χ1n) is 5.45. The maximum absolute atomic E-state index is 11.6. The summed E-state index contributed by atoms with van der Waals surface area (Å²) in [5, 5.41) is 10.4. The summed E-state index contributed by atoms with van der Waals surface area (Å²) in [6.45, 7) is 1.89. The average molecular weight is 206 g/mol. The Morgan fingerprint density at radius 3 is 3.27 bits per heavy atom. The lowest BCUT2D eigenvalue weighted by molar-refractivity contribution is -0.117. The fourth-order valence-corrected chi connectivity index (χ4v) is 1.85. The summed E-state index contributed by atoms with van der Waals surface area (Å²) in [6.07, 6.45) is 4.88. The van der Waals surface area contributed by atoms with Crippen LogP contribution in [0.3, 0.4) is 0 Å². The van der Waals surface area contributed by atoms with Crippen LogP contribution in [0, 0.1) is 5.92 Å². The van der Waals surface area contributed by atoms with Gasteiger partial charge in [0.2, 0.25) is 5.91 Å². The minimum atomic E-state index is 0.137. The third-order valence-electron chi connectivity index (χ3n) is 2.88. The number of nitrogens with one attached hydrogen (secondary N) is 2. The molecule has 0 spiro atoms. The lowest BCUT2D eigenvalue weighted by Gasteiger charge is -2.16. The van der Waals surface area contributed by atoms with Gasteiger partial charge in [-0.2, -0.15) is 5.10 Å². The molecule has 5 heteroatoms. The second-order valence-corrected chi connectivity index (χ2v) is 4.17. The van der Waals surface area contributed by atoms with E-state index in [1.165, 1.54) is 0 Å². The summed E-state index contributed by atoms with van der Waals surface area (Å²) in [4.78, 5) is 11.6. The second kappa shape index (κ2) is 3.25. The highest BCUT2D eigenvalue weighted by Gasteiger charge is 2.30. The third-order valence-corrected chi connectivity index (χ3v) is 2.88. The lowest BCUT2D eigenvalue weighted by atomic mass is 10.3. The molecule has 0 radical (unpaired) electrons. The van der Waals surface area contributed by atoms with Gasteiger partial charge in [-0.05, 0) is 19.3 Å². The molecule has 0 unspecified atom stereocenters. The van der Waals surface area contributed by atoms with Gasteiger partial charge in [0.15, 0.2) is 0 Å². The lowest BCUT2D eigenvalue weighted by Crippen LogP contribution is -2.20. The van der Waals surface area contributed by atoms with Crippen molar-refractivity contribution in [3.63, 3.8) is 0 Å². The molecule has 1 saturated carbocycles. The highest BCUT2D eigenvalue weighted by molar-refractivity contribution is 5.96. The number of carbonyl (C=O) groups excluding carboxylic acids is 1. The van der Waals surface area contributed by atoms with Gasteiger partial charge in [0.05, 0.1) is 6.20 Å². The van der Waals surface area contributed by atoms with Crippen LogP contribution in [0.4, 0.5) is 11.5 Å². The van der Waals surface area contributed by atoms with Crippen molar-refractivity contribution >= 4 is 17.4 Å². The highest BCUT2D eigenvalue weighted by Crippen LogP contribution is 2.32. The molecule has 2 aliphatic rings. The molecule has 1 aliphatic heterocycles. The van der Waals surface area contributed by atoms with E-state index >= 15 is 0 Å². The molecule has 0 bridgehead atoms. The van der Waals surface area contributed by atoms with Gasteiger partial charge in [-0.15, -0.1) is 0 Å². The minimum absolute atomic E-state index is 0.137. The molecule has 2 N–H and O–H groups in total. The smallest absolute Gasteiger partial charge is 0.227 e. The van der Waals surface area contributed by atoms with E-state index in [9.17, 15) is 4.79 Å². The zero-order valence-electron chi connectivity index (χ0n) is 8.49. The maximum atomic E-state index is 11.6. The summed E-state index contributed by atoms with van der Waals surface area (Å²) in [5.41, 5.74) is 0.826. The fourth-order valence-electron chi connectivity index (χ4n) is 1.85. The van der Waals surface area contributed by atoms with Crippen LogP contribution in [-0.4, -0.2) is 22.2 Å². The summed E-state index contributed by atoms with van der Waals surface area (Å²) in [6, 6.07) is 0. The van der Waals surface area contributed by atoms with Crippen LogP contribution in [0.15, 0.2) is 6.20 Å². The summed E-state index contributed by atoms with van der Waals surface area (Å²) in [5.74, 6) is 1.33. The van der Waals surface area contributed by atoms with E-state index in [1.807, 2.05) is 4.68 Å². The number of fused-ring (bicyclic) bond motifs is 1. The molecule has 1 aliphatic carbocycles. The molecule has 3 rings (SSSR count). The van der Waals surface area contributed by atoms with E-state index in [0.717, 1.165) is 43.9 Å². The van der Waals surface area contributed by atoms with Gasteiger partial charge in [-0.3, -0.25) is 4.79 Å². The molecule has 1 fully saturated rings. The number of amides is 1. The summed E-state index contributed by atoms with van der Waals surface area (Å²) in [7, 11) is 0. The molecular formula is C10H14N4O. The number of aromatic nitrogens is 2. The number of hydrogen-bond acceptors (Lipinski definition) is 3. The quantitative estimate of drug-likeness (QED) is 0.760. The molecule has 1 aromatic heterocycles. The predicted octanol–water partition coefficient (Wildman–Crippen LogP) is 1.05. The molecule has 1 amide bonds. The van der Waals surface area contributed by atoms with Crippen LogP contribution < -0.4 is 10.6 Å². The van der Waals surface area contributed by atoms with Crippen LogP contribution in [0.2, 0.25) is 0 Å². The van der Waals surface area contributed by atoms with Gasteiger partial charge in [-0.25, -0.2) is 4.68 Å². The van der Waals surface area contributed by atoms with Gasteiger partial charge in [0, 0.05) is 19.0 Å². The van der Waals surface area contributed by atoms with E-state index in [2.05, 4.69) is 15.7 Å². The molecule has 5 nitrogen and oxygen atoms in total. The monoisotopic (exact) mass is 206 g/mol. The molecular weight excluding hydrogens is 192 g/mol. The Hall–Kier alpha value is -1.52. The predicted molar refractivity (Wildman–Crippen MR) is 56.7 cm³/mol. The van der Waals surface area contributed by atoms with Crippen LogP contribution in [0.5, 0.6) is 0 Å². The number of carbonyl (C=O) groups is 1. The number of aryl methyl sites for hydroxylation is 1. The van der Waals surface area contributed by atoms with E-state index in [0.29, 0.717) is 0 Å². The number of nitrogens with zero attached hydrogens (tertiary/aromatic N) is 2. The van der Waals surface area contributed by atoms with Crippen molar-refractivity contribution in [2.75, 3.05) is 17.2 Å². The fraction of sp³-hybridized carbons (Fsp3) is 0.600. The standard InChI is InChI=1S/C10H14N4O/c15-10(7-2-3-7)13-8-6-12-14-5-1-4-11-9(8)14/h6-7,11H,1-5H2,(H,13,15). The van der Waals surface area contributed by atoms with Crippen molar-refractivity contribution in [2.45, 2.75) is 25.8 Å². The largest absolute Gasteiger partial charge is 0.368 e. The number of rotatable bonds is 2. The van der Waals surface area contributed by atoms with Crippen molar-refractivity contribution in [2.24, 2.45) is 5.92 Å². The Kier molecular flexibility index (Phi) is 1.90. The highest BCUT2D eigenvalue weighted by atomic mass is 16.2. The molecule has 2 heterocycles. The van der Waals surface area contributed by atoms with E-state index in [4.69, 9.17) is 0 Å². The second-order valence-electron chi connectivity index (χ2n) is 4.17. The average Bonchev–Trinajstić information content (AvgIpc) is 3.03. The van der Waals surface area contributed by atoms with Gasteiger partial charge in [0.25, 0.3) is 0 Å². The van der Waals surface area contributed by atoms with Crippen LogP contribution >= 0.6 is 0 Å². The molecule has 0 saturated heterocycles. The van der Waals surface area contributed by atoms with Crippen molar-refractivity contribution in [3.8, 4) is 0 Å². The number of hydrogen-bond donors (Lipinski definition) is 2. The van der Waals surface area contributed by atoms with Crippen molar-refractivity contribution in [1.82, 2.24) is 9.78 Å². The van der Waals surface area contributed by atoms with Crippen molar-refractivity contribution < 1.29 is 4.79 Å². The number of anilines is 2. The van der Waals surface area contributed by atoms with E-state index in [-0.39, 0.29) is 11.8 Å². The third kappa shape index (κ3) is 1.58. The van der Waals surface area contributed by atoms with Crippen LogP contribution in [0.1, 0.15) is 19.3 Å². The Balaban J connectivity index is 1.79. The van der Waals surface area contributed by atoms with Crippen LogP contribution in [-0.2, 0) is 11.3 Å². The zero-order chi connectivity index (χ0) is 10.3. The van der Waals surface area contributed by atoms with Gasteiger partial charge >= 0.3 is 0 Å². The molecule has 0 aromatic carbocycles. The van der Waals surface area contributed by atoms with Gasteiger partial charge in [-0.1, -0.05) is 0 Å². The Bertz CT molecular complexity index is 394. The first kappa shape index (κ1) is 8.76. The first-order valence-corrected chi connectivity index (χ1v) is 5.45. The van der Waals surface area contributed by atoms with Crippen molar-refractivity contribution in [3.05, 3.63) is 6.20 Å². The summed E-state index contributed by atoms with van der Waals surface area (Å²) >= 11 is 0. The van der Waals surface area contributed by atoms with Gasteiger partial charge in [0.1, 0.15) is 11.5 Å². The topological polar surface area (TPSA) is 59.0 Å². The van der Waals surface area contributed by atoms with Crippen LogP contribution in [0.25, 0.3) is 0 Å². The van der Waals surface area contributed by atoms with Gasteiger partial charge < -0.3 is 10.6 Å². The normalized spacial score (nSPS) is 19.2. The Morgan fingerprint density at radius 2 is 2.47 bits per heavy atom. The molecule has 1 aromatic rings. The minimum Gasteiger partial charge on any atom is -0.368 e. The zero-order valence-corrected chi connectivity index (χ0v) is 8.49. The molecule has 0 atom stereocenters. The van der Waals surface area contributed by atoms with E-state index in [1.54, 1.807) is 6.20 Å². The molecule has 80 valence electrons. The SMILES string of the molecule is O=C(Nc1cnn2c1NCCC2)C1CC1. The first-order chi connectivity index (χ1) is 7.34. The summed E-state index contributed by atoms with van der Waals surface area (Å²) < 4.78 is 1.91. The Morgan fingerprint density at radius 1 is 1.60 bits per heavy atom. The molecule has 15 heavy (non-hydrogen) atoms. The van der Waals surface area contributed by atoms with Crippen molar-refractivity contribution in [1.29, 1.82) is 0 Å².